The number of aryl methyl sites for hydroxylation is 2. The van der Waals surface area contributed by atoms with Crippen molar-refractivity contribution in [3.63, 3.8) is 0 Å². The summed E-state index contributed by atoms with van der Waals surface area (Å²) in [6, 6.07) is 12.0. The van der Waals surface area contributed by atoms with Crippen molar-refractivity contribution in [2.75, 3.05) is 0 Å². The number of nitrogens with zero attached hydrogens (tertiary/aromatic N) is 5. The van der Waals surface area contributed by atoms with E-state index in [2.05, 4.69) is 39.2 Å². The van der Waals surface area contributed by atoms with Crippen LogP contribution >= 0.6 is 0 Å². The second kappa shape index (κ2) is 4.34. The van der Waals surface area contributed by atoms with Gasteiger partial charge < -0.3 is 0 Å². The van der Waals surface area contributed by atoms with E-state index in [9.17, 15) is 0 Å². The van der Waals surface area contributed by atoms with Crippen LogP contribution in [0, 0.1) is 13.8 Å². The molecule has 0 atom stereocenters. The number of hydrogen-bond donors (Lipinski definition) is 0. The maximum absolute atomic E-state index is 4.55. The molecule has 0 aliphatic heterocycles. The Morgan fingerprint density at radius 3 is 2.62 bits per heavy atom. The summed E-state index contributed by atoms with van der Waals surface area (Å²) in [4.78, 5) is 9.01. The van der Waals surface area contributed by atoms with E-state index in [1.54, 1.807) is 6.20 Å². The van der Waals surface area contributed by atoms with Gasteiger partial charge in [-0.15, -0.1) is 10.2 Å². The molecule has 0 unspecified atom stereocenters. The monoisotopic (exact) mass is 275 g/mol. The van der Waals surface area contributed by atoms with Crippen LogP contribution in [-0.4, -0.2) is 24.6 Å². The highest BCUT2D eigenvalue weighted by molar-refractivity contribution is 5.78. The van der Waals surface area contributed by atoms with Gasteiger partial charge in [0.1, 0.15) is 5.52 Å². The van der Waals surface area contributed by atoms with E-state index in [1.807, 2.05) is 35.6 Å². The zero-order valence-electron chi connectivity index (χ0n) is 11.8. The van der Waals surface area contributed by atoms with Crippen molar-refractivity contribution in [2.24, 2.45) is 0 Å². The molecule has 0 fully saturated rings. The lowest BCUT2D eigenvalue weighted by Gasteiger charge is -2.07. The number of pyridine rings is 1. The first-order valence-corrected chi connectivity index (χ1v) is 6.78. The van der Waals surface area contributed by atoms with Crippen molar-refractivity contribution >= 4 is 16.8 Å². The lowest BCUT2D eigenvalue weighted by molar-refractivity contribution is 1.11. The van der Waals surface area contributed by atoms with Crippen molar-refractivity contribution in [3.8, 4) is 11.4 Å². The summed E-state index contributed by atoms with van der Waals surface area (Å²) in [6.45, 7) is 4.01. The van der Waals surface area contributed by atoms with Crippen LogP contribution in [0.25, 0.3) is 28.2 Å². The topological polar surface area (TPSA) is 56.0 Å². The van der Waals surface area contributed by atoms with E-state index < -0.39 is 0 Å². The molecule has 0 amide bonds. The predicted octanol–water partition coefficient (Wildman–Crippen LogP) is 2.96. The van der Waals surface area contributed by atoms with Crippen molar-refractivity contribution in [3.05, 3.63) is 53.9 Å². The molecule has 0 aliphatic carbocycles. The summed E-state index contributed by atoms with van der Waals surface area (Å²) in [7, 11) is 0. The molecule has 0 saturated heterocycles. The minimum atomic E-state index is 0.749. The van der Waals surface area contributed by atoms with Gasteiger partial charge in [-0.1, -0.05) is 24.3 Å². The number of benzene rings is 1. The summed E-state index contributed by atoms with van der Waals surface area (Å²) in [5.74, 6) is 0.803. The minimum Gasteiger partial charge on any atom is -0.255 e. The highest BCUT2D eigenvalue weighted by Gasteiger charge is 2.15. The fourth-order valence-corrected chi connectivity index (χ4v) is 2.60. The van der Waals surface area contributed by atoms with Crippen LogP contribution in [0.5, 0.6) is 0 Å². The van der Waals surface area contributed by atoms with Gasteiger partial charge in [-0.2, -0.15) is 0 Å². The van der Waals surface area contributed by atoms with Crippen LogP contribution in [0.2, 0.25) is 0 Å². The molecule has 4 rings (SSSR count). The van der Waals surface area contributed by atoms with Gasteiger partial charge in [-0.3, -0.25) is 4.40 Å². The van der Waals surface area contributed by atoms with Crippen LogP contribution < -0.4 is 0 Å². The Hall–Kier alpha value is -2.82. The Labute approximate surface area is 121 Å². The average molecular weight is 275 g/mol. The summed E-state index contributed by atoms with van der Waals surface area (Å²) in [5, 5.41) is 8.67. The lowest BCUT2D eigenvalue weighted by Crippen LogP contribution is -1.99. The molecule has 5 nitrogen and oxygen atoms in total. The standard InChI is InChI=1S/C16H13N5/c1-10-6-3-4-7-12(10)15-20-19-14-11(2)18-13-8-5-9-17-16(13)21(14)15/h3-9H,1-2H3. The normalized spacial score (nSPS) is 11.3. The molecule has 1 aromatic carbocycles. The van der Waals surface area contributed by atoms with E-state index in [0.29, 0.717) is 0 Å². The molecule has 0 N–H and O–H groups in total. The van der Waals surface area contributed by atoms with Gasteiger partial charge in [-0.25, -0.2) is 9.97 Å². The molecule has 3 aromatic heterocycles. The Balaban J connectivity index is 2.19. The third-order valence-electron chi connectivity index (χ3n) is 3.64. The van der Waals surface area contributed by atoms with E-state index in [4.69, 9.17) is 0 Å². The van der Waals surface area contributed by atoms with Gasteiger partial charge in [0.15, 0.2) is 17.1 Å². The Bertz CT molecular complexity index is 971. The number of fused-ring (bicyclic) bond motifs is 3. The fraction of sp³-hybridized carbons (Fsp3) is 0.125. The van der Waals surface area contributed by atoms with Gasteiger partial charge in [-0.05, 0) is 31.5 Å². The minimum absolute atomic E-state index is 0.749. The van der Waals surface area contributed by atoms with E-state index in [-0.39, 0.29) is 0 Å². The van der Waals surface area contributed by atoms with Gasteiger partial charge in [0, 0.05) is 11.8 Å². The summed E-state index contributed by atoms with van der Waals surface area (Å²) in [6.07, 6.45) is 1.76. The molecule has 4 aromatic rings. The Morgan fingerprint density at radius 1 is 0.905 bits per heavy atom. The summed E-state index contributed by atoms with van der Waals surface area (Å²) in [5.41, 5.74) is 5.44. The Kier molecular flexibility index (Phi) is 2.47. The second-order valence-corrected chi connectivity index (χ2v) is 5.04. The summed E-state index contributed by atoms with van der Waals surface area (Å²) < 4.78 is 1.99. The molecule has 0 saturated carbocycles. The third kappa shape index (κ3) is 1.71. The van der Waals surface area contributed by atoms with E-state index in [0.717, 1.165) is 39.5 Å². The zero-order chi connectivity index (χ0) is 14.4. The van der Waals surface area contributed by atoms with Crippen LogP contribution in [0.1, 0.15) is 11.3 Å². The van der Waals surface area contributed by atoms with E-state index >= 15 is 0 Å². The van der Waals surface area contributed by atoms with Crippen LogP contribution in [0.15, 0.2) is 42.6 Å². The van der Waals surface area contributed by atoms with Crippen molar-refractivity contribution in [2.45, 2.75) is 13.8 Å². The van der Waals surface area contributed by atoms with Crippen LogP contribution in [0.4, 0.5) is 0 Å². The maximum atomic E-state index is 4.55. The molecular formula is C16H13N5. The number of rotatable bonds is 1. The van der Waals surface area contributed by atoms with Gasteiger partial charge in [0.2, 0.25) is 0 Å². The molecule has 102 valence electrons. The Morgan fingerprint density at radius 2 is 1.76 bits per heavy atom. The molecule has 0 spiro atoms. The average Bonchev–Trinajstić information content (AvgIpc) is 2.93. The van der Waals surface area contributed by atoms with Crippen LogP contribution in [-0.2, 0) is 0 Å². The van der Waals surface area contributed by atoms with Crippen molar-refractivity contribution in [1.29, 1.82) is 0 Å². The number of hydrogen-bond acceptors (Lipinski definition) is 4. The van der Waals surface area contributed by atoms with Crippen molar-refractivity contribution in [1.82, 2.24) is 24.6 Å². The lowest BCUT2D eigenvalue weighted by atomic mass is 10.1. The largest absolute Gasteiger partial charge is 0.255 e. The quantitative estimate of drug-likeness (QED) is 0.536. The maximum Gasteiger partial charge on any atom is 0.184 e. The summed E-state index contributed by atoms with van der Waals surface area (Å²) >= 11 is 0. The molecule has 0 radical (unpaired) electrons. The molecule has 0 aliphatic rings. The first kappa shape index (κ1) is 12.0. The zero-order valence-corrected chi connectivity index (χ0v) is 11.8. The highest BCUT2D eigenvalue weighted by Crippen LogP contribution is 2.25. The number of aromatic nitrogens is 5. The SMILES string of the molecule is Cc1ccccc1-c1nnc2c(C)nc3cccnc3n12. The molecular weight excluding hydrogens is 262 g/mol. The predicted molar refractivity (Wildman–Crippen MR) is 81.0 cm³/mol. The van der Waals surface area contributed by atoms with Gasteiger partial charge >= 0.3 is 0 Å². The first-order chi connectivity index (χ1) is 10.3. The van der Waals surface area contributed by atoms with Gasteiger partial charge in [0.05, 0.1) is 5.69 Å². The molecule has 0 bridgehead atoms. The molecule has 5 heteroatoms. The second-order valence-electron chi connectivity index (χ2n) is 5.04. The van der Waals surface area contributed by atoms with Gasteiger partial charge in [0.25, 0.3) is 0 Å². The first-order valence-electron chi connectivity index (χ1n) is 6.78. The van der Waals surface area contributed by atoms with Crippen molar-refractivity contribution < 1.29 is 0 Å². The molecule has 21 heavy (non-hydrogen) atoms. The smallest absolute Gasteiger partial charge is 0.184 e. The highest BCUT2D eigenvalue weighted by atomic mass is 15.3. The van der Waals surface area contributed by atoms with Crippen LogP contribution in [0.3, 0.4) is 0 Å². The van der Waals surface area contributed by atoms with E-state index in [1.165, 1.54) is 0 Å². The molecule has 3 heterocycles. The third-order valence-corrected chi connectivity index (χ3v) is 3.64. The fourth-order valence-electron chi connectivity index (χ4n) is 2.60.